The highest BCUT2D eigenvalue weighted by Gasteiger charge is 2.38. The van der Waals surface area contributed by atoms with Gasteiger partial charge in [-0.25, -0.2) is 0 Å². The van der Waals surface area contributed by atoms with E-state index in [1.165, 1.54) is 27.6 Å². The van der Waals surface area contributed by atoms with Crippen molar-refractivity contribution in [1.82, 2.24) is 4.57 Å². The summed E-state index contributed by atoms with van der Waals surface area (Å²) in [6.45, 7) is 6.48. The maximum absolute atomic E-state index is 6.35. The van der Waals surface area contributed by atoms with Crippen molar-refractivity contribution >= 4 is 10.9 Å². The summed E-state index contributed by atoms with van der Waals surface area (Å²) in [5.74, 6) is 1.46. The first-order chi connectivity index (χ1) is 14.9. The van der Waals surface area contributed by atoms with Crippen molar-refractivity contribution in [3.05, 3.63) is 95.2 Å². The lowest BCUT2D eigenvalue weighted by atomic mass is 9.99. The van der Waals surface area contributed by atoms with Gasteiger partial charge in [-0.15, -0.1) is 0 Å². The SMILES string of the molecule is CC(C)Cc1ccc(C2(C)Oc3ccc(Cc4cn(C)c5ccccc45)cc3O2)cc1. The van der Waals surface area contributed by atoms with Gasteiger partial charge in [-0.2, -0.15) is 0 Å². The second-order valence-electron chi connectivity index (χ2n) is 9.18. The smallest absolute Gasteiger partial charge is 0.275 e. The standard InChI is InChI=1S/C28H29NO2/c1-19(2)15-20-9-12-23(13-10-20)28(3)30-26-14-11-21(17-27(26)31-28)16-22-18-29(4)25-8-6-5-7-24(22)25/h5-14,17-19H,15-16H2,1-4H3. The zero-order chi connectivity index (χ0) is 21.6. The van der Waals surface area contributed by atoms with Gasteiger partial charge in [0, 0.05) is 36.6 Å². The van der Waals surface area contributed by atoms with E-state index in [9.17, 15) is 0 Å². The van der Waals surface area contributed by atoms with E-state index >= 15 is 0 Å². The van der Waals surface area contributed by atoms with E-state index in [4.69, 9.17) is 9.47 Å². The highest BCUT2D eigenvalue weighted by Crippen LogP contribution is 2.44. The van der Waals surface area contributed by atoms with Crippen molar-refractivity contribution in [2.24, 2.45) is 13.0 Å². The molecule has 31 heavy (non-hydrogen) atoms. The van der Waals surface area contributed by atoms with Crippen molar-refractivity contribution in [2.45, 2.75) is 39.4 Å². The number of para-hydroxylation sites is 1. The third-order valence-electron chi connectivity index (χ3n) is 6.11. The van der Waals surface area contributed by atoms with Crippen LogP contribution in [0.2, 0.25) is 0 Å². The van der Waals surface area contributed by atoms with Crippen molar-refractivity contribution < 1.29 is 9.47 Å². The minimum Gasteiger partial charge on any atom is -0.445 e. The number of fused-ring (bicyclic) bond motifs is 2. The van der Waals surface area contributed by atoms with E-state index in [2.05, 4.69) is 92.3 Å². The molecule has 0 amide bonds. The molecule has 1 atom stereocenters. The zero-order valence-corrected chi connectivity index (χ0v) is 18.7. The lowest BCUT2D eigenvalue weighted by Gasteiger charge is -2.23. The molecule has 0 saturated carbocycles. The molecule has 0 radical (unpaired) electrons. The number of nitrogens with zero attached hydrogens (tertiary/aromatic N) is 1. The molecular weight excluding hydrogens is 382 g/mol. The van der Waals surface area contributed by atoms with Crippen LogP contribution in [-0.2, 0) is 25.7 Å². The monoisotopic (exact) mass is 411 g/mol. The third kappa shape index (κ3) is 3.69. The lowest BCUT2D eigenvalue weighted by molar-refractivity contribution is -0.0680. The average molecular weight is 412 g/mol. The highest BCUT2D eigenvalue weighted by atomic mass is 16.7. The molecule has 158 valence electrons. The largest absolute Gasteiger partial charge is 0.445 e. The quantitative estimate of drug-likeness (QED) is 0.369. The molecule has 1 aromatic heterocycles. The van der Waals surface area contributed by atoms with Crippen molar-refractivity contribution in [1.29, 1.82) is 0 Å². The maximum Gasteiger partial charge on any atom is 0.275 e. The van der Waals surface area contributed by atoms with Crippen LogP contribution < -0.4 is 9.47 Å². The molecule has 4 aromatic rings. The molecular formula is C28H29NO2. The average Bonchev–Trinajstić information content (AvgIpc) is 3.25. The molecule has 1 aliphatic heterocycles. The molecule has 3 heteroatoms. The van der Waals surface area contributed by atoms with Gasteiger partial charge >= 0.3 is 0 Å². The Morgan fingerprint density at radius 2 is 1.58 bits per heavy atom. The lowest BCUT2D eigenvalue weighted by Crippen LogP contribution is -2.31. The second-order valence-corrected chi connectivity index (χ2v) is 9.18. The van der Waals surface area contributed by atoms with Crippen molar-refractivity contribution in [3.63, 3.8) is 0 Å². The molecule has 3 aromatic carbocycles. The summed E-state index contributed by atoms with van der Waals surface area (Å²) >= 11 is 0. The van der Waals surface area contributed by atoms with E-state index < -0.39 is 5.79 Å². The molecule has 0 fully saturated rings. The Bertz CT molecular complexity index is 1240. The minimum absolute atomic E-state index is 0.643. The highest BCUT2D eigenvalue weighted by molar-refractivity contribution is 5.84. The van der Waals surface area contributed by atoms with E-state index in [0.29, 0.717) is 5.92 Å². The van der Waals surface area contributed by atoms with E-state index in [-0.39, 0.29) is 0 Å². The summed E-state index contributed by atoms with van der Waals surface area (Å²) in [5, 5.41) is 1.30. The molecule has 3 nitrogen and oxygen atoms in total. The van der Waals surface area contributed by atoms with Gasteiger partial charge in [0.1, 0.15) is 0 Å². The minimum atomic E-state index is -0.795. The molecule has 0 saturated heterocycles. The van der Waals surface area contributed by atoms with Crippen LogP contribution in [0.1, 0.15) is 43.0 Å². The van der Waals surface area contributed by atoms with Gasteiger partial charge < -0.3 is 14.0 Å². The van der Waals surface area contributed by atoms with Crippen LogP contribution >= 0.6 is 0 Å². The first-order valence-electron chi connectivity index (χ1n) is 11.0. The Kier molecular flexibility index (Phi) is 4.77. The van der Waals surface area contributed by atoms with Crippen LogP contribution in [-0.4, -0.2) is 4.57 Å². The molecule has 2 heterocycles. The Labute approximate surface area is 184 Å². The second kappa shape index (κ2) is 7.49. The van der Waals surface area contributed by atoms with Crippen LogP contribution in [0, 0.1) is 5.92 Å². The van der Waals surface area contributed by atoms with Crippen molar-refractivity contribution in [2.75, 3.05) is 0 Å². The number of hydrogen-bond donors (Lipinski definition) is 0. The molecule has 0 N–H and O–H groups in total. The predicted molar refractivity (Wildman–Crippen MR) is 126 cm³/mol. The summed E-state index contributed by atoms with van der Waals surface area (Å²) < 4.78 is 14.8. The molecule has 1 aliphatic rings. The summed E-state index contributed by atoms with van der Waals surface area (Å²) in [7, 11) is 2.10. The molecule has 0 bridgehead atoms. The van der Waals surface area contributed by atoms with E-state index in [0.717, 1.165) is 29.9 Å². The fraction of sp³-hybridized carbons (Fsp3) is 0.286. The third-order valence-corrected chi connectivity index (χ3v) is 6.11. The van der Waals surface area contributed by atoms with Crippen LogP contribution in [0.5, 0.6) is 11.5 Å². The fourth-order valence-electron chi connectivity index (χ4n) is 4.59. The van der Waals surface area contributed by atoms with Crippen molar-refractivity contribution in [3.8, 4) is 11.5 Å². The number of hydrogen-bond acceptors (Lipinski definition) is 2. The van der Waals surface area contributed by atoms with E-state index in [1.54, 1.807) is 0 Å². The van der Waals surface area contributed by atoms with Gasteiger partial charge in [0.05, 0.1) is 0 Å². The van der Waals surface area contributed by atoms with Gasteiger partial charge in [0.2, 0.25) is 0 Å². The Morgan fingerprint density at radius 1 is 0.871 bits per heavy atom. The van der Waals surface area contributed by atoms with Crippen LogP contribution in [0.4, 0.5) is 0 Å². The zero-order valence-electron chi connectivity index (χ0n) is 18.7. The topological polar surface area (TPSA) is 23.4 Å². The van der Waals surface area contributed by atoms with Gasteiger partial charge in [0.15, 0.2) is 11.5 Å². The molecule has 0 spiro atoms. The summed E-state index contributed by atoms with van der Waals surface area (Å²) in [6.07, 6.45) is 4.16. The number of aromatic nitrogens is 1. The Balaban J connectivity index is 1.38. The van der Waals surface area contributed by atoms with Gasteiger partial charge in [-0.05, 0) is 53.6 Å². The normalized spacial score (nSPS) is 17.6. The van der Waals surface area contributed by atoms with Crippen LogP contribution in [0.15, 0.2) is 72.9 Å². The summed E-state index contributed by atoms with van der Waals surface area (Å²) in [4.78, 5) is 0. The Hall–Kier alpha value is -3.20. The Morgan fingerprint density at radius 3 is 2.35 bits per heavy atom. The first kappa shape index (κ1) is 19.7. The number of rotatable bonds is 5. The van der Waals surface area contributed by atoms with E-state index in [1.807, 2.05) is 13.0 Å². The molecule has 0 aliphatic carbocycles. The van der Waals surface area contributed by atoms with Gasteiger partial charge in [-0.3, -0.25) is 0 Å². The summed E-state index contributed by atoms with van der Waals surface area (Å²) in [5.41, 5.74) is 6.17. The predicted octanol–water partition coefficient (Wildman–Crippen LogP) is 6.61. The molecule has 5 rings (SSSR count). The fourth-order valence-corrected chi connectivity index (χ4v) is 4.59. The molecule has 1 unspecified atom stereocenters. The number of aryl methyl sites for hydroxylation is 1. The maximum atomic E-state index is 6.35. The first-order valence-corrected chi connectivity index (χ1v) is 11.0. The van der Waals surface area contributed by atoms with Gasteiger partial charge in [0.25, 0.3) is 5.79 Å². The number of benzene rings is 3. The van der Waals surface area contributed by atoms with Gasteiger partial charge in [-0.1, -0.05) is 62.4 Å². The summed E-state index contributed by atoms with van der Waals surface area (Å²) in [6, 6.07) is 23.5. The van der Waals surface area contributed by atoms with Crippen LogP contribution in [0.3, 0.4) is 0 Å². The van der Waals surface area contributed by atoms with Crippen LogP contribution in [0.25, 0.3) is 10.9 Å². The number of ether oxygens (including phenoxy) is 2.